The first-order valence-corrected chi connectivity index (χ1v) is 12.8. The van der Waals surface area contributed by atoms with Gasteiger partial charge in [-0.05, 0) is 67.8 Å². The summed E-state index contributed by atoms with van der Waals surface area (Å²) in [6.07, 6.45) is -2.01. The highest BCUT2D eigenvalue weighted by molar-refractivity contribution is 5.92. The number of methoxy groups -OCH3 is 2. The van der Waals surface area contributed by atoms with Crippen LogP contribution >= 0.6 is 0 Å². The lowest BCUT2D eigenvalue weighted by molar-refractivity contribution is -0.137. The van der Waals surface area contributed by atoms with E-state index in [-0.39, 0.29) is 30.7 Å². The minimum absolute atomic E-state index is 0.0125. The lowest BCUT2D eigenvalue weighted by Crippen LogP contribution is -2.48. The molecule has 1 N–H and O–H groups in total. The molecule has 0 aliphatic heterocycles. The standard InChI is InChI=1S/C29H34F3N3O5/c1-5-20(2)35(28(37)33-23-9-6-8-22(17-23)29(30,31)32)19-27(36)34(18-24-10-7-15-40-24)14-13-21-11-12-25(38-3)26(16-21)39-4/h6-12,15-17,20H,5,13-14,18-19H2,1-4H3,(H,33,37). The minimum atomic E-state index is -4.55. The van der Waals surface area contributed by atoms with E-state index in [1.165, 1.54) is 23.3 Å². The number of amides is 3. The van der Waals surface area contributed by atoms with Gasteiger partial charge < -0.3 is 29.0 Å². The maximum Gasteiger partial charge on any atom is 0.416 e. The zero-order valence-electron chi connectivity index (χ0n) is 23.0. The van der Waals surface area contributed by atoms with Crippen molar-refractivity contribution in [3.63, 3.8) is 0 Å². The maximum atomic E-state index is 13.6. The third-order valence-electron chi connectivity index (χ3n) is 6.53. The van der Waals surface area contributed by atoms with Crippen molar-refractivity contribution in [2.45, 2.75) is 45.5 Å². The first kappa shape index (κ1) is 30.4. The molecule has 3 rings (SSSR count). The monoisotopic (exact) mass is 561 g/mol. The van der Waals surface area contributed by atoms with E-state index < -0.39 is 17.8 Å². The largest absolute Gasteiger partial charge is 0.493 e. The Balaban J connectivity index is 1.77. The van der Waals surface area contributed by atoms with Gasteiger partial charge in [-0.3, -0.25) is 4.79 Å². The second kappa shape index (κ2) is 13.8. The van der Waals surface area contributed by atoms with E-state index in [9.17, 15) is 22.8 Å². The van der Waals surface area contributed by atoms with E-state index in [2.05, 4.69) is 5.32 Å². The molecule has 0 bridgehead atoms. The Morgan fingerprint density at radius 2 is 1.77 bits per heavy atom. The molecule has 0 aliphatic carbocycles. The summed E-state index contributed by atoms with van der Waals surface area (Å²) in [6.45, 7) is 3.87. The Kier molecular flexibility index (Phi) is 10.5. The smallest absolute Gasteiger partial charge is 0.416 e. The first-order valence-electron chi connectivity index (χ1n) is 12.8. The Morgan fingerprint density at radius 1 is 1.02 bits per heavy atom. The fourth-order valence-corrected chi connectivity index (χ4v) is 4.05. The number of halogens is 3. The summed E-state index contributed by atoms with van der Waals surface area (Å²) in [6, 6.07) is 12.3. The number of ether oxygens (including phenoxy) is 2. The van der Waals surface area contributed by atoms with Crippen molar-refractivity contribution in [2.75, 3.05) is 32.6 Å². The predicted molar refractivity (Wildman–Crippen MR) is 144 cm³/mol. The average Bonchev–Trinajstić information content (AvgIpc) is 3.46. The number of nitrogens with zero attached hydrogens (tertiary/aromatic N) is 2. The fourth-order valence-electron chi connectivity index (χ4n) is 4.05. The van der Waals surface area contributed by atoms with Crippen molar-refractivity contribution in [3.05, 3.63) is 77.7 Å². The lowest BCUT2D eigenvalue weighted by Gasteiger charge is -2.31. The van der Waals surface area contributed by atoms with E-state index in [1.54, 1.807) is 44.2 Å². The number of nitrogens with one attached hydrogen (secondary N) is 1. The van der Waals surface area contributed by atoms with Crippen LogP contribution in [0.5, 0.6) is 11.5 Å². The lowest BCUT2D eigenvalue weighted by atomic mass is 10.1. The van der Waals surface area contributed by atoms with Crippen molar-refractivity contribution in [1.29, 1.82) is 0 Å². The third-order valence-corrected chi connectivity index (χ3v) is 6.53. The van der Waals surface area contributed by atoms with Crippen LogP contribution in [0, 0.1) is 0 Å². The van der Waals surface area contributed by atoms with Crippen LogP contribution < -0.4 is 14.8 Å². The fraction of sp³-hybridized carbons (Fsp3) is 0.379. The molecule has 216 valence electrons. The molecule has 11 heteroatoms. The zero-order valence-corrected chi connectivity index (χ0v) is 23.0. The Bertz CT molecular complexity index is 1260. The topological polar surface area (TPSA) is 84.2 Å². The predicted octanol–water partition coefficient (Wildman–Crippen LogP) is 6.22. The first-order chi connectivity index (χ1) is 19.0. The normalized spacial score (nSPS) is 12.0. The van der Waals surface area contributed by atoms with Crippen LogP contribution in [0.3, 0.4) is 0 Å². The molecule has 0 saturated carbocycles. The van der Waals surface area contributed by atoms with E-state index in [4.69, 9.17) is 13.9 Å². The highest BCUT2D eigenvalue weighted by atomic mass is 19.4. The number of urea groups is 1. The minimum Gasteiger partial charge on any atom is -0.493 e. The van der Waals surface area contributed by atoms with Crippen LogP contribution in [0.1, 0.15) is 37.2 Å². The molecule has 1 aromatic heterocycles. The number of benzene rings is 2. The summed E-state index contributed by atoms with van der Waals surface area (Å²) in [4.78, 5) is 29.6. The van der Waals surface area contributed by atoms with Gasteiger partial charge in [0.25, 0.3) is 0 Å². The SMILES string of the molecule is CCC(C)N(CC(=O)N(CCc1ccc(OC)c(OC)c1)Cc1ccco1)C(=O)Nc1cccc(C(F)(F)F)c1. The van der Waals surface area contributed by atoms with E-state index in [0.717, 1.165) is 17.7 Å². The van der Waals surface area contributed by atoms with Gasteiger partial charge in [-0.1, -0.05) is 19.1 Å². The Hall–Kier alpha value is -4.15. The van der Waals surface area contributed by atoms with Crippen molar-refractivity contribution in [1.82, 2.24) is 9.80 Å². The average molecular weight is 562 g/mol. The Morgan fingerprint density at radius 3 is 2.40 bits per heavy atom. The number of carbonyl (C=O) groups is 2. The molecule has 8 nitrogen and oxygen atoms in total. The number of alkyl halides is 3. The molecule has 1 atom stereocenters. The second-order valence-electron chi connectivity index (χ2n) is 9.23. The van der Waals surface area contributed by atoms with Crippen LogP contribution in [-0.2, 0) is 23.9 Å². The van der Waals surface area contributed by atoms with Crippen molar-refractivity contribution in [2.24, 2.45) is 0 Å². The van der Waals surface area contributed by atoms with Crippen LogP contribution in [0.2, 0.25) is 0 Å². The van der Waals surface area contributed by atoms with Crippen LogP contribution in [0.15, 0.2) is 65.3 Å². The van der Waals surface area contributed by atoms with Gasteiger partial charge in [-0.2, -0.15) is 13.2 Å². The highest BCUT2D eigenvalue weighted by Crippen LogP contribution is 2.31. The molecule has 1 heterocycles. The van der Waals surface area contributed by atoms with Gasteiger partial charge in [0.2, 0.25) is 5.91 Å². The van der Waals surface area contributed by atoms with E-state index >= 15 is 0 Å². The molecule has 3 amide bonds. The van der Waals surface area contributed by atoms with Gasteiger partial charge in [0.1, 0.15) is 12.3 Å². The molecular formula is C29H34F3N3O5. The molecule has 0 saturated heterocycles. The number of furan rings is 1. The van der Waals surface area contributed by atoms with Gasteiger partial charge >= 0.3 is 12.2 Å². The van der Waals surface area contributed by atoms with Crippen LogP contribution in [0.25, 0.3) is 0 Å². The molecular weight excluding hydrogens is 527 g/mol. The van der Waals surface area contributed by atoms with Gasteiger partial charge in [0, 0.05) is 18.3 Å². The Labute approximate surface area is 231 Å². The molecule has 3 aromatic rings. The molecule has 0 aliphatic rings. The summed E-state index contributed by atoms with van der Waals surface area (Å²) >= 11 is 0. The molecule has 40 heavy (non-hydrogen) atoms. The van der Waals surface area contributed by atoms with Crippen molar-refractivity contribution in [3.8, 4) is 11.5 Å². The summed E-state index contributed by atoms with van der Waals surface area (Å²) < 4.78 is 55.6. The summed E-state index contributed by atoms with van der Waals surface area (Å²) in [5.74, 6) is 1.39. The van der Waals surface area contributed by atoms with Gasteiger partial charge in [0.05, 0.1) is 32.6 Å². The molecule has 0 spiro atoms. The van der Waals surface area contributed by atoms with E-state index in [1.807, 2.05) is 19.1 Å². The molecule has 0 radical (unpaired) electrons. The van der Waals surface area contributed by atoms with Gasteiger partial charge in [-0.25, -0.2) is 4.79 Å². The molecule has 0 fully saturated rings. The maximum absolute atomic E-state index is 13.6. The van der Waals surface area contributed by atoms with Crippen molar-refractivity contribution < 1.29 is 36.7 Å². The van der Waals surface area contributed by atoms with Crippen LogP contribution in [-0.4, -0.2) is 55.1 Å². The third kappa shape index (κ3) is 8.17. The van der Waals surface area contributed by atoms with Crippen molar-refractivity contribution >= 4 is 17.6 Å². The number of carbonyl (C=O) groups excluding carboxylic acids is 2. The number of anilines is 1. The highest BCUT2D eigenvalue weighted by Gasteiger charge is 2.31. The van der Waals surface area contributed by atoms with Gasteiger partial charge in [-0.15, -0.1) is 0 Å². The van der Waals surface area contributed by atoms with Crippen LogP contribution in [0.4, 0.5) is 23.7 Å². The van der Waals surface area contributed by atoms with Gasteiger partial charge in [0.15, 0.2) is 11.5 Å². The summed E-state index contributed by atoms with van der Waals surface area (Å²) in [5.41, 5.74) is 0.0219. The number of rotatable bonds is 12. The molecule has 1 unspecified atom stereocenters. The van der Waals surface area contributed by atoms with E-state index in [0.29, 0.717) is 36.6 Å². The second-order valence-corrected chi connectivity index (χ2v) is 9.23. The molecule has 2 aromatic carbocycles. The number of hydrogen-bond acceptors (Lipinski definition) is 5. The summed E-state index contributed by atoms with van der Waals surface area (Å²) in [7, 11) is 3.09. The summed E-state index contributed by atoms with van der Waals surface area (Å²) in [5, 5.41) is 2.51. The number of hydrogen-bond donors (Lipinski definition) is 1. The zero-order chi connectivity index (χ0) is 29.3. The quantitative estimate of drug-likeness (QED) is 0.284.